The molecule has 0 saturated heterocycles. The van der Waals surface area contributed by atoms with E-state index in [2.05, 4.69) is 15.6 Å². The van der Waals surface area contributed by atoms with Gasteiger partial charge in [-0.05, 0) is 24.7 Å². The molecule has 18 heavy (non-hydrogen) atoms. The van der Waals surface area contributed by atoms with E-state index in [4.69, 9.17) is 4.74 Å². The molecule has 1 heterocycles. The van der Waals surface area contributed by atoms with Gasteiger partial charge in [-0.2, -0.15) is 0 Å². The number of rotatable bonds is 4. The fraction of sp³-hybridized carbons (Fsp3) is 0.333. The average Bonchev–Trinajstić information content (AvgIpc) is 2.77. The second-order valence-corrected chi connectivity index (χ2v) is 3.90. The van der Waals surface area contributed by atoms with Crippen LogP contribution >= 0.6 is 0 Å². The Labute approximate surface area is 105 Å². The number of hydrogen-bond donors (Lipinski definition) is 1. The molecule has 2 rings (SSSR count). The number of hydrogen-bond acceptors (Lipinski definition) is 4. The molecule has 1 atom stereocenters. The highest BCUT2D eigenvalue weighted by molar-refractivity contribution is 5.34. The number of nitrogens with one attached hydrogen (secondary N) is 1. The van der Waals surface area contributed by atoms with Crippen LogP contribution in [0.3, 0.4) is 0 Å². The van der Waals surface area contributed by atoms with Crippen molar-refractivity contribution in [1.29, 1.82) is 0 Å². The summed E-state index contributed by atoms with van der Waals surface area (Å²) in [5.74, 6) is -0.151. The SMILES string of the molecule is CNC(c1ccc(OC)c(F)c1)c1cnnn1C. The van der Waals surface area contributed by atoms with E-state index in [1.54, 1.807) is 31.0 Å². The first kappa shape index (κ1) is 12.5. The van der Waals surface area contributed by atoms with Gasteiger partial charge in [0.2, 0.25) is 0 Å². The molecule has 0 fully saturated rings. The van der Waals surface area contributed by atoms with Crippen molar-refractivity contribution in [3.05, 3.63) is 41.5 Å². The fourth-order valence-corrected chi connectivity index (χ4v) is 1.91. The third-order valence-corrected chi connectivity index (χ3v) is 2.84. The highest BCUT2D eigenvalue weighted by Gasteiger charge is 2.17. The van der Waals surface area contributed by atoms with Crippen LogP contribution in [0.1, 0.15) is 17.3 Å². The topological polar surface area (TPSA) is 52.0 Å². The summed E-state index contributed by atoms with van der Waals surface area (Å²) in [7, 11) is 5.05. The first-order chi connectivity index (χ1) is 8.67. The van der Waals surface area contributed by atoms with E-state index < -0.39 is 0 Å². The zero-order valence-corrected chi connectivity index (χ0v) is 10.5. The van der Waals surface area contributed by atoms with E-state index in [1.165, 1.54) is 13.2 Å². The molecule has 6 heteroatoms. The molecule has 0 aliphatic carbocycles. The van der Waals surface area contributed by atoms with E-state index in [1.807, 2.05) is 6.07 Å². The molecule has 1 aromatic heterocycles. The molecular weight excluding hydrogens is 235 g/mol. The van der Waals surface area contributed by atoms with Gasteiger partial charge in [0.05, 0.1) is 25.0 Å². The molecule has 0 bridgehead atoms. The van der Waals surface area contributed by atoms with Gasteiger partial charge in [0, 0.05) is 7.05 Å². The van der Waals surface area contributed by atoms with Crippen molar-refractivity contribution < 1.29 is 9.13 Å². The standard InChI is InChI=1S/C12H15FN4O/c1-14-12(10-7-15-16-17(10)2)8-4-5-11(18-3)9(13)6-8/h4-7,12,14H,1-3H3. The quantitative estimate of drug-likeness (QED) is 0.888. The highest BCUT2D eigenvalue weighted by atomic mass is 19.1. The van der Waals surface area contributed by atoms with Crippen LogP contribution < -0.4 is 10.1 Å². The van der Waals surface area contributed by atoms with E-state index in [-0.39, 0.29) is 17.6 Å². The van der Waals surface area contributed by atoms with Crippen molar-refractivity contribution in [1.82, 2.24) is 20.3 Å². The van der Waals surface area contributed by atoms with Crippen LogP contribution in [0, 0.1) is 5.82 Å². The van der Waals surface area contributed by atoms with Gasteiger partial charge in [-0.1, -0.05) is 11.3 Å². The normalized spacial score (nSPS) is 12.4. The highest BCUT2D eigenvalue weighted by Crippen LogP contribution is 2.25. The summed E-state index contributed by atoms with van der Waals surface area (Å²) in [6, 6.07) is 4.72. The molecule has 1 N–H and O–H groups in total. The maximum absolute atomic E-state index is 13.7. The summed E-state index contributed by atoms with van der Waals surface area (Å²) in [6.07, 6.45) is 1.66. The van der Waals surface area contributed by atoms with E-state index in [9.17, 15) is 4.39 Å². The molecule has 0 saturated carbocycles. The lowest BCUT2D eigenvalue weighted by atomic mass is 10.0. The van der Waals surface area contributed by atoms with Gasteiger partial charge < -0.3 is 10.1 Å². The first-order valence-corrected chi connectivity index (χ1v) is 5.52. The third kappa shape index (κ3) is 2.19. The number of ether oxygens (including phenoxy) is 1. The number of nitrogens with zero attached hydrogens (tertiary/aromatic N) is 3. The summed E-state index contributed by atoms with van der Waals surface area (Å²) in [5, 5.41) is 10.8. The minimum absolute atomic E-state index is 0.162. The Hall–Kier alpha value is -1.95. The largest absolute Gasteiger partial charge is 0.494 e. The monoisotopic (exact) mass is 250 g/mol. The van der Waals surface area contributed by atoms with Crippen LogP contribution in [0.4, 0.5) is 4.39 Å². The van der Waals surface area contributed by atoms with Crippen LogP contribution in [-0.2, 0) is 7.05 Å². The van der Waals surface area contributed by atoms with Crippen LogP contribution in [0.25, 0.3) is 0 Å². The molecule has 0 aliphatic rings. The maximum atomic E-state index is 13.7. The zero-order valence-electron chi connectivity index (χ0n) is 10.5. The number of methoxy groups -OCH3 is 1. The summed E-state index contributed by atoms with van der Waals surface area (Å²) >= 11 is 0. The van der Waals surface area contributed by atoms with E-state index in [0.29, 0.717) is 0 Å². The molecular formula is C12H15FN4O. The molecule has 0 amide bonds. The van der Waals surface area contributed by atoms with Crippen molar-refractivity contribution in [3.8, 4) is 5.75 Å². The van der Waals surface area contributed by atoms with Crippen LogP contribution in [0.2, 0.25) is 0 Å². The molecule has 96 valence electrons. The molecule has 1 unspecified atom stereocenters. The smallest absolute Gasteiger partial charge is 0.165 e. The lowest BCUT2D eigenvalue weighted by molar-refractivity contribution is 0.385. The lowest BCUT2D eigenvalue weighted by Crippen LogP contribution is -2.20. The zero-order chi connectivity index (χ0) is 13.1. The summed E-state index contributed by atoms with van der Waals surface area (Å²) < 4.78 is 20.3. The summed E-state index contributed by atoms with van der Waals surface area (Å²) in [6.45, 7) is 0. The van der Waals surface area contributed by atoms with Crippen LogP contribution in [0.15, 0.2) is 24.4 Å². The predicted octanol–water partition coefficient (Wildman–Crippen LogP) is 1.27. The van der Waals surface area contributed by atoms with E-state index >= 15 is 0 Å². The van der Waals surface area contributed by atoms with Crippen molar-refractivity contribution in [2.45, 2.75) is 6.04 Å². The van der Waals surface area contributed by atoms with Crippen molar-refractivity contribution in [2.75, 3.05) is 14.2 Å². The van der Waals surface area contributed by atoms with Gasteiger partial charge in [0.1, 0.15) is 0 Å². The second-order valence-electron chi connectivity index (χ2n) is 3.90. The molecule has 0 spiro atoms. The van der Waals surface area contributed by atoms with Crippen molar-refractivity contribution in [3.63, 3.8) is 0 Å². The molecule has 0 aliphatic heterocycles. The van der Waals surface area contributed by atoms with Crippen molar-refractivity contribution in [2.24, 2.45) is 7.05 Å². The Bertz CT molecular complexity index is 541. The molecule has 1 aromatic carbocycles. The Morgan fingerprint density at radius 3 is 2.72 bits per heavy atom. The predicted molar refractivity (Wildman–Crippen MR) is 64.9 cm³/mol. The lowest BCUT2D eigenvalue weighted by Gasteiger charge is -2.16. The van der Waals surface area contributed by atoms with E-state index in [0.717, 1.165) is 11.3 Å². The average molecular weight is 250 g/mol. The van der Waals surface area contributed by atoms with Gasteiger partial charge >= 0.3 is 0 Å². The van der Waals surface area contributed by atoms with Gasteiger partial charge in [-0.15, -0.1) is 5.10 Å². The number of benzene rings is 1. The van der Waals surface area contributed by atoms with Gasteiger partial charge in [0.25, 0.3) is 0 Å². The van der Waals surface area contributed by atoms with Gasteiger partial charge in [0.15, 0.2) is 11.6 Å². The summed E-state index contributed by atoms with van der Waals surface area (Å²) in [5.41, 5.74) is 1.66. The maximum Gasteiger partial charge on any atom is 0.165 e. The Balaban J connectivity index is 2.40. The van der Waals surface area contributed by atoms with Gasteiger partial charge in [-0.25, -0.2) is 4.39 Å². The molecule has 5 nitrogen and oxygen atoms in total. The number of aromatic nitrogens is 3. The van der Waals surface area contributed by atoms with Crippen LogP contribution in [0.5, 0.6) is 5.75 Å². The first-order valence-electron chi connectivity index (χ1n) is 5.52. The van der Waals surface area contributed by atoms with Crippen molar-refractivity contribution >= 4 is 0 Å². The van der Waals surface area contributed by atoms with Gasteiger partial charge in [-0.3, -0.25) is 4.68 Å². The minimum atomic E-state index is -0.384. The third-order valence-electron chi connectivity index (χ3n) is 2.84. The van der Waals surface area contributed by atoms with Crippen LogP contribution in [-0.4, -0.2) is 29.2 Å². The number of aryl methyl sites for hydroxylation is 1. The number of halogens is 1. The Morgan fingerprint density at radius 1 is 1.44 bits per heavy atom. The Kier molecular flexibility index (Phi) is 3.57. The Morgan fingerprint density at radius 2 is 2.22 bits per heavy atom. The molecule has 0 radical (unpaired) electrons. The second kappa shape index (κ2) is 5.14. The molecule has 2 aromatic rings. The fourth-order valence-electron chi connectivity index (χ4n) is 1.91. The summed E-state index contributed by atoms with van der Waals surface area (Å²) in [4.78, 5) is 0. The minimum Gasteiger partial charge on any atom is -0.494 e.